The van der Waals surface area contributed by atoms with Crippen molar-refractivity contribution >= 4 is 31.9 Å². The first kappa shape index (κ1) is 7.92. The van der Waals surface area contributed by atoms with Crippen molar-refractivity contribution in [1.29, 1.82) is 0 Å². The molecule has 44 valence electrons. The molecular formula is C4H9Br2N. The van der Waals surface area contributed by atoms with Crippen LogP contribution < -0.4 is 5.32 Å². The van der Waals surface area contributed by atoms with Crippen molar-refractivity contribution in [3.05, 3.63) is 0 Å². The lowest BCUT2D eigenvalue weighted by molar-refractivity contribution is 0.751. The third kappa shape index (κ3) is 3.50. The predicted molar refractivity (Wildman–Crippen MR) is 40.2 cm³/mol. The Balaban J connectivity index is 3.14. The second-order valence-corrected chi connectivity index (χ2v) is 3.80. The van der Waals surface area contributed by atoms with Gasteiger partial charge in [0.25, 0.3) is 0 Å². The summed E-state index contributed by atoms with van der Waals surface area (Å²) in [5.74, 6) is 0. The highest BCUT2D eigenvalue weighted by Gasteiger charge is 2.04. The van der Waals surface area contributed by atoms with Gasteiger partial charge in [0, 0.05) is 4.83 Å². The van der Waals surface area contributed by atoms with E-state index in [0.717, 1.165) is 0 Å². The van der Waals surface area contributed by atoms with E-state index in [9.17, 15) is 0 Å². The normalized spacial score (nSPS) is 18.9. The topological polar surface area (TPSA) is 12.0 Å². The maximum Gasteiger partial charge on any atom is 0.0752 e. The van der Waals surface area contributed by atoms with Crippen LogP contribution in [-0.2, 0) is 0 Å². The Labute approximate surface area is 61.1 Å². The van der Waals surface area contributed by atoms with E-state index < -0.39 is 0 Å². The number of hydrogen-bond acceptors (Lipinski definition) is 1. The van der Waals surface area contributed by atoms with Gasteiger partial charge < -0.3 is 5.32 Å². The second-order valence-electron chi connectivity index (χ2n) is 1.37. The lowest BCUT2D eigenvalue weighted by Gasteiger charge is -2.08. The Hall–Kier alpha value is 0.920. The maximum atomic E-state index is 3.39. The van der Waals surface area contributed by atoms with Gasteiger partial charge in [-0.2, -0.15) is 0 Å². The molecule has 1 unspecified atom stereocenters. The molecule has 2 atom stereocenters. The van der Waals surface area contributed by atoms with E-state index >= 15 is 0 Å². The minimum atomic E-state index is 0.382. The van der Waals surface area contributed by atoms with Crippen LogP contribution >= 0.6 is 31.9 Å². The largest absolute Gasteiger partial charge is 0.307 e. The van der Waals surface area contributed by atoms with Crippen molar-refractivity contribution in [2.75, 3.05) is 7.05 Å². The van der Waals surface area contributed by atoms with Crippen LogP contribution in [0.2, 0.25) is 0 Å². The second kappa shape index (κ2) is 3.87. The van der Waals surface area contributed by atoms with Gasteiger partial charge in [-0.15, -0.1) is 0 Å². The summed E-state index contributed by atoms with van der Waals surface area (Å²) in [4.78, 5) is 0.866. The van der Waals surface area contributed by atoms with E-state index in [-0.39, 0.29) is 0 Å². The van der Waals surface area contributed by atoms with Gasteiger partial charge in [0.1, 0.15) is 0 Å². The first-order valence-corrected chi connectivity index (χ1v) is 3.97. The van der Waals surface area contributed by atoms with E-state index in [0.29, 0.717) is 9.78 Å². The van der Waals surface area contributed by atoms with Crippen LogP contribution in [0.1, 0.15) is 6.92 Å². The lowest BCUT2D eigenvalue weighted by Crippen LogP contribution is -2.25. The summed E-state index contributed by atoms with van der Waals surface area (Å²) in [5.41, 5.74) is 0. The molecule has 0 amide bonds. The third-order valence-corrected chi connectivity index (χ3v) is 3.17. The summed E-state index contributed by atoms with van der Waals surface area (Å²) >= 11 is 6.77. The molecular weight excluding hydrogens is 222 g/mol. The third-order valence-electron chi connectivity index (χ3n) is 0.679. The summed E-state index contributed by atoms with van der Waals surface area (Å²) in [5, 5.41) is 3.03. The van der Waals surface area contributed by atoms with Crippen LogP contribution in [0, 0.1) is 0 Å². The molecule has 0 heterocycles. The quantitative estimate of drug-likeness (QED) is 0.563. The molecule has 0 radical (unpaired) electrons. The van der Waals surface area contributed by atoms with Crippen molar-refractivity contribution in [3.8, 4) is 0 Å². The minimum Gasteiger partial charge on any atom is -0.307 e. The maximum absolute atomic E-state index is 3.39. The van der Waals surface area contributed by atoms with E-state index in [4.69, 9.17) is 0 Å². The van der Waals surface area contributed by atoms with Gasteiger partial charge in [0.2, 0.25) is 0 Å². The van der Waals surface area contributed by atoms with Crippen molar-refractivity contribution < 1.29 is 0 Å². The SMILES string of the molecule is CN[C@@H](Br)C(C)Br. The number of rotatable bonds is 2. The van der Waals surface area contributed by atoms with Gasteiger partial charge in [-0.1, -0.05) is 38.8 Å². The molecule has 7 heavy (non-hydrogen) atoms. The zero-order valence-corrected chi connectivity index (χ0v) is 7.58. The molecule has 0 aromatic rings. The zero-order valence-electron chi connectivity index (χ0n) is 4.41. The summed E-state index contributed by atoms with van der Waals surface area (Å²) in [6.07, 6.45) is 0. The molecule has 0 rings (SSSR count). The molecule has 0 saturated heterocycles. The highest BCUT2D eigenvalue weighted by molar-refractivity contribution is 9.12. The fourth-order valence-electron chi connectivity index (χ4n) is 0.230. The molecule has 1 nitrogen and oxygen atoms in total. The molecule has 0 bridgehead atoms. The molecule has 3 heteroatoms. The fourth-order valence-corrected chi connectivity index (χ4v) is 0.494. The Bertz CT molecular complexity index is 47.0. The van der Waals surface area contributed by atoms with Crippen LogP contribution in [0.3, 0.4) is 0 Å². The van der Waals surface area contributed by atoms with Crippen LogP contribution in [0.5, 0.6) is 0 Å². The first-order valence-electron chi connectivity index (χ1n) is 2.14. The van der Waals surface area contributed by atoms with E-state index in [1.807, 2.05) is 7.05 Å². The highest BCUT2D eigenvalue weighted by atomic mass is 79.9. The lowest BCUT2D eigenvalue weighted by atomic mass is 10.5. The predicted octanol–water partition coefficient (Wildman–Crippen LogP) is 1.71. The van der Waals surface area contributed by atoms with E-state index in [1.165, 1.54) is 0 Å². The number of alkyl halides is 2. The van der Waals surface area contributed by atoms with Gasteiger partial charge in [-0.25, -0.2) is 0 Å². The average Bonchev–Trinajstić information content (AvgIpc) is 1.65. The van der Waals surface area contributed by atoms with Crippen molar-refractivity contribution in [2.45, 2.75) is 16.7 Å². The van der Waals surface area contributed by atoms with Crippen molar-refractivity contribution in [1.82, 2.24) is 5.32 Å². The molecule has 0 aliphatic heterocycles. The molecule has 0 aromatic carbocycles. The monoisotopic (exact) mass is 229 g/mol. The van der Waals surface area contributed by atoms with E-state index in [1.54, 1.807) is 0 Å². The van der Waals surface area contributed by atoms with Gasteiger partial charge in [-0.05, 0) is 7.05 Å². The van der Waals surface area contributed by atoms with Crippen molar-refractivity contribution in [2.24, 2.45) is 0 Å². The zero-order chi connectivity index (χ0) is 5.86. The van der Waals surface area contributed by atoms with Gasteiger partial charge in [0.05, 0.1) is 4.95 Å². The Morgan fingerprint density at radius 1 is 1.43 bits per heavy atom. The Morgan fingerprint density at radius 3 is 1.86 bits per heavy atom. The minimum absolute atomic E-state index is 0.382. The van der Waals surface area contributed by atoms with Gasteiger partial charge in [-0.3, -0.25) is 0 Å². The average molecular weight is 231 g/mol. The van der Waals surface area contributed by atoms with Crippen LogP contribution in [0.15, 0.2) is 0 Å². The molecule has 0 aliphatic carbocycles. The summed E-state index contributed by atoms with van der Waals surface area (Å²) < 4.78 is 0. The summed E-state index contributed by atoms with van der Waals surface area (Å²) in [7, 11) is 1.91. The van der Waals surface area contributed by atoms with Crippen molar-refractivity contribution in [3.63, 3.8) is 0 Å². The van der Waals surface area contributed by atoms with Crippen LogP contribution in [0.25, 0.3) is 0 Å². The Morgan fingerprint density at radius 2 is 1.86 bits per heavy atom. The first-order chi connectivity index (χ1) is 3.18. The van der Waals surface area contributed by atoms with E-state index in [2.05, 4.69) is 44.1 Å². The molecule has 0 spiro atoms. The van der Waals surface area contributed by atoms with Gasteiger partial charge in [0.15, 0.2) is 0 Å². The Kier molecular flexibility index (Phi) is 4.37. The number of hydrogen-bond donors (Lipinski definition) is 1. The summed E-state index contributed by atoms with van der Waals surface area (Å²) in [6, 6.07) is 0. The molecule has 0 aromatic heterocycles. The standard InChI is InChI=1S/C4H9Br2N/c1-3(5)4(6)7-2/h3-4,7H,1-2H3/t3?,4-/m1/s1. The molecule has 0 aliphatic rings. The molecule has 1 N–H and O–H groups in total. The molecule has 0 fully saturated rings. The van der Waals surface area contributed by atoms with Crippen LogP contribution in [-0.4, -0.2) is 16.8 Å². The highest BCUT2D eigenvalue weighted by Crippen LogP contribution is 2.08. The smallest absolute Gasteiger partial charge is 0.0752 e. The fraction of sp³-hybridized carbons (Fsp3) is 1.00. The van der Waals surface area contributed by atoms with Crippen LogP contribution in [0.4, 0.5) is 0 Å². The number of nitrogens with one attached hydrogen (secondary N) is 1. The number of halogens is 2. The summed E-state index contributed by atoms with van der Waals surface area (Å²) in [6.45, 7) is 2.08. The molecule has 0 saturated carbocycles. The van der Waals surface area contributed by atoms with Gasteiger partial charge >= 0.3 is 0 Å².